The first kappa shape index (κ1) is 12.4. The highest BCUT2D eigenvalue weighted by atomic mass is 19.1. The highest BCUT2D eigenvalue weighted by Crippen LogP contribution is 2.26. The standard InChI is InChI=1S/C14H18FN3O/c15-12-1-3-13(4-2-12)17-14(19)18-6-5-10-7-16-8-11(10)9-18/h1-4,10-11,16H,5-9H2,(H,17,19). The van der Waals surface area contributed by atoms with Crippen molar-refractivity contribution in [2.45, 2.75) is 6.42 Å². The van der Waals surface area contributed by atoms with Crippen molar-refractivity contribution in [3.05, 3.63) is 30.1 Å². The second-order valence-corrected chi connectivity index (χ2v) is 5.35. The molecule has 2 aliphatic heterocycles. The topological polar surface area (TPSA) is 44.4 Å². The number of halogens is 1. The predicted octanol–water partition coefficient (Wildman–Crippen LogP) is 1.90. The molecular formula is C14H18FN3O. The van der Waals surface area contributed by atoms with E-state index in [1.807, 2.05) is 4.90 Å². The largest absolute Gasteiger partial charge is 0.324 e. The summed E-state index contributed by atoms with van der Waals surface area (Å²) in [7, 11) is 0. The Balaban J connectivity index is 1.59. The Morgan fingerprint density at radius 2 is 2.00 bits per heavy atom. The summed E-state index contributed by atoms with van der Waals surface area (Å²) in [5, 5.41) is 6.20. The van der Waals surface area contributed by atoms with Crippen LogP contribution in [0.15, 0.2) is 24.3 Å². The molecule has 2 amide bonds. The fourth-order valence-corrected chi connectivity index (χ4v) is 2.96. The van der Waals surface area contributed by atoms with Crippen molar-refractivity contribution in [3.8, 4) is 0 Å². The highest BCUT2D eigenvalue weighted by Gasteiger charge is 2.34. The molecule has 4 nitrogen and oxygen atoms in total. The van der Waals surface area contributed by atoms with Crippen LogP contribution in [0.5, 0.6) is 0 Å². The van der Waals surface area contributed by atoms with Crippen LogP contribution in [-0.2, 0) is 0 Å². The number of piperidine rings is 1. The quantitative estimate of drug-likeness (QED) is 0.812. The lowest BCUT2D eigenvalue weighted by Gasteiger charge is -2.34. The summed E-state index contributed by atoms with van der Waals surface area (Å²) in [6.07, 6.45) is 1.06. The second kappa shape index (κ2) is 5.17. The summed E-state index contributed by atoms with van der Waals surface area (Å²) in [6.45, 7) is 3.70. The fraction of sp³-hybridized carbons (Fsp3) is 0.500. The number of benzene rings is 1. The molecular weight excluding hydrogens is 245 g/mol. The minimum Gasteiger partial charge on any atom is -0.324 e. The van der Waals surface area contributed by atoms with Crippen LogP contribution < -0.4 is 10.6 Å². The first-order valence-electron chi connectivity index (χ1n) is 6.74. The van der Waals surface area contributed by atoms with Gasteiger partial charge in [-0.2, -0.15) is 0 Å². The van der Waals surface area contributed by atoms with Crippen LogP contribution in [0.1, 0.15) is 6.42 Å². The van der Waals surface area contributed by atoms with Gasteiger partial charge in [-0.15, -0.1) is 0 Å². The molecule has 2 fully saturated rings. The predicted molar refractivity (Wildman–Crippen MR) is 71.5 cm³/mol. The number of urea groups is 1. The first-order valence-corrected chi connectivity index (χ1v) is 6.74. The molecule has 1 aromatic carbocycles. The van der Waals surface area contributed by atoms with Crippen molar-refractivity contribution >= 4 is 11.7 Å². The molecule has 0 aromatic heterocycles. The number of hydrogen-bond donors (Lipinski definition) is 2. The second-order valence-electron chi connectivity index (χ2n) is 5.35. The molecule has 0 radical (unpaired) electrons. The molecule has 0 aliphatic carbocycles. The van der Waals surface area contributed by atoms with Gasteiger partial charge in [0.2, 0.25) is 0 Å². The Bertz CT molecular complexity index is 462. The minimum atomic E-state index is -0.296. The van der Waals surface area contributed by atoms with Gasteiger partial charge in [-0.05, 0) is 55.6 Å². The van der Waals surface area contributed by atoms with E-state index in [-0.39, 0.29) is 11.8 Å². The summed E-state index contributed by atoms with van der Waals surface area (Å²) >= 11 is 0. The van der Waals surface area contributed by atoms with Crippen LogP contribution in [0, 0.1) is 17.7 Å². The van der Waals surface area contributed by atoms with E-state index in [1.54, 1.807) is 12.1 Å². The van der Waals surface area contributed by atoms with Crippen molar-refractivity contribution in [3.63, 3.8) is 0 Å². The van der Waals surface area contributed by atoms with Gasteiger partial charge in [0.15, 0.2) is 0 Å². The number of carbonyl (C=O) groups excluding carboxylic acids is 1. The summed E-state index contributed by atoms with van der Waals surface area (Å²) in [5.74, 6) is 0.999. The lowest BCUT2D eigenvalue weighted by atomic mass is 9.89. The van der Waals surface area contributed by atoms with Crippen LogP contribution in [0.2, 0.25) is 0 Å². The van der Waals surface area contributed by atoms with Crippen molar-refractivity contribution in [1.82, 2.24) is 10.2 Å². The third-order valence-electron chi connectivity index (χ3n) is 4.09. The van der Waals surface area contributed by atoms with Gasteiger partial charge >= 0.3 is 6.03 Å². The summed E-state index contributed by atoms with van der Waals surface area (Å²) < 4.78 is 12.8. The molecule has 19 heavy (non-hydrogen) atoms. The van der Waals surface area contributed by atoms with Crippen molar-refractivity contribution in [2.75, 3.05) is 31.5 Å². The van der Waals surface area contributed by atoms with Crippen LogP contribution in [-0.4, -0.2) is 37.1 Å². The molecule has 0 spiro atoms. The van der Waals surface area contributed by atoms with Crippen molar-refractivity contribution in [1.29, 1.82) is 0 Å². The lowest BCUT2D eigenvalue weighted by Crippen LogP contribution is -2.45. The van der Waals surface area contributed by atoms with Gasteiger partial charge in [0, 0.05) is 18.8 Å². The van der Waals surface area contributed by atoms with Gasteiger partial charge < -0.3 is 15.5 Å². The average molecular weight is 263 g/mol. The molecule has 2 saturated heterocycles. The molecule has 102 valence electrons. The van der Waals surface area contributed by atoms with Gasteiger partial charge in [0.1, 0.15) is 5.82 Å². The Kier molecular flexibility index (Phi) is 3.38. The molecule has 3 rings (SSSR count). The zero-order chi connectivity index (χ0) is 13.2. The molecule has 0 saturated carbocycles. The van der Waals surface area contributed by atoms with Gasteiger partial charge in [0.25, 0.3) is 0 Å². The van der Waals surface area contributed by atoms with Gasteiger partial charge in [0.05, 0.1) is 0 Å². The maximum absolute atomic E-state index is 12.8. The lowest BCUT2D eigenvalue weighted by molar-refractivity contribution is 0.161. The number of nitrogens with zero attached hydrogens (tertiary/aromatic N) is 1. The number of fused-ring (bicyclic) bond motifs is 1. The molecule has 2 N–H and O–H groups in total. The van der Waals surface area contributed by atoms with Crippen LogP contribution in [0.25, 0.3) is 0 Å². The van der Waals surface area contributed by atoms with Crippen LogP contribution >= 0.6 is 0 Å². The summed E-state index contributed by atoms with van der Waals surface area (Å²) in [4.78, 5) is 14.0. The third-order valence-corrected chi connectivity index (χ3v) is 4.09. The maximum Gasteiger partial charge on any atom is 0.321 e. The van der Waals surface area contributed by atoms with E-state index in [2.05, 4.69) is 10.6 Å². The Morgan fingerprint density at radius 3 is 2.79 bits per heavy atom. The van der Waals surface area contributed by atoms with Gasteiger partial charge in [-0.25, -0.2) is 9.18 Å². The van der Waals surface area contributed by atoms with Crippen molar-refractivity contribution < 1.29 is 9.18 Å². The van der Waals surface area contributed by atoms with Crippen LogP contribution in [0.4, 0.5) is 14.9 Å². The van der Waals surface area contributed by atoms with Gasteiger partial charge in [-0.3, -0.25) is 0 Å². The highest BCUT2D eigenvalue weighted by molar-refractivity contribution is 5.89. The minimum absolute atomic E-state index is 0.0861. The van der Waals surface area contributed by atoms with E-state index in [9.17, 15) is 9.18 Å². The number of amides is 2. The van der Waals surface area contributed by atoms with E-state index in [4.69, 9.17) is 0 Å². The molecule has 2 heterocycles. The Labute approximate surface area is 112 Å². The Hall–Kier alpha value is -1.62. The van der Waals surface area contributed by atoms with E-state index >= 15 is 0 Å². The zero-order valence-electron chi connectivity index (χ0n) is 10.7. The monoisotopic (exact) mass is 263 g/mol. The van der Waals surface area contributed by atoms with E-state index < -0.39 is 0 Å². The number of nitrogens with one attached hydrogen (secondary N) is 2. The summed E-state index contributed by atoms with van der Waals surface area (Å²) in [6, 6.07) is 5.77. The summed E-state index contributed by atoms with van der Waals surface area (Å²) in [5.41, 5.74) is 0.637. The smallest absolute Gasteiger partial charge is 0.321 e. The van der Waals surface area contributed by atoms with Crippen LogP contribution in [0.3, 0.4) is 0 Å². The third kappa shape index (κ3) is 2.71. The molecule has 2 unspecified atom stereocenters. The molecule has 1 aromatic rings. The zero-order valence-corrected chi connectivity index (χ0v) is 10.7. The molecule has 0 bridgehead atoms. The number of likely N-dealkylation sites (tertiary alicyclic amines) is 1. The number of anilines is 1. The number of hydrogen-bond acceptors (Lipinski definition) is 2. The molecule has 5 heteroatoms. The van der Waals surface area contributed by atoms with Crippen molar-refractivity contribution in [2.24, 2.45) is 11.8 Å². The normalized spacial score (nSPS) is 26.1. The number of rotatable bonds is 1. The number of carbonyl (C=O) groups is 1. The fourth-order valence-electron chi connectivity index (χ4n) is 2.96. The SMILES string of the molecule is O=C(Nc1ccc(F)cc1)N1CCC2CNCC2C1. The first-order chi connectivity index (χ1) is 9.22. The maximum atomic E-state index is 12.8. The van der Waals surface area contributed by atoms with Gasteiger partial charge in [-0.1, -0.05) is 0 Å². The van der Waals surface area contributed by atoms with E-state index in [0.29, 0.717) is 11.6 Å². The Morgan fingerprint density at radius 1 is 1.26 bits per heavy atom. The van der Waals surface area contributed by atoms with E-state index in [1.165, 1.54) is 12.1 Å². The molecule has 2 atom stereocenters. The molecule has 2 aliphatic rings. The van der Waals surface area contributed by atoms with E-state index in [0.717, 1.165) is 38.5 Å². The average Bonchev–Trinajstić information content (AvgIpc) is 2.88.